The Morgan fingerprint density at radius 2 is 1.61 bits per heavy atom. The highest BCUT2D eigenvalue weighted by molar-refractivity contribution is 9.10. The molecule has 0 spiro atoms. The Balaban J connectivity index is 2.52. The van der Waals surface area contributed by atoms with Crippen molar-refractivity contribution < 1.29 is 45.1 Å². The van der Waals surface area contributed by atoms with Gasteiger partial charge in [0.1, 0.15) is 0 Å². The highest BCUT2D eigenvalue weighted by atomic mass is 79.9. The summed E-state index contributed by atoms with van der Waals surface area (Å²) in [5.74, 6) is -1.14. The molecule has 0 atom stereocenters. The summed E-state index contributed by atoms with van der Waals surface area (Å²) in [6.45, 7) is 0. The van der Waals surface area contributed by atoms with Crippen molar-refractivity contribution in [2.45, 2.75) is 18.0 Å². The summed E-state index contributed by atoms with van der Waals surface area (Å²) < 4.78 is 96.9. The van der Waals surface area contributed by atoms with Crippen molar-refractivity contribution in [3.05, 3.63) is 51.0 Å². The standard InChI is InChI=1S/C18H12BrClF7N3O3/c1-33-13-8(3-2-4-11(13)29-15(28)32)14(31)30-12-9(19)5-7(6-10(12)20)16(21,17(22,23)24)18(25,26)27/h2-6H,1H3,(H,30,31)(H3,28,29,32). The smallest absolute Gasteiger partial charge is 0.435 e. The number of hydrogen-bond acceptors (Lipinski definition) is 3. The van der Waals surface area contributed by atoms with Crippen molar-refractivity contribution in [1.29, 1.82) is 0 Å². The minimum atomic E-state index is -6.35. The number of nitrogens with two attached hydrogens (primary N) is 1. The number of hydrogen-bond donors (Lipinski definition) is 3. The molecule has 2 aromatic carbocycles. The van der Waals surface area contributed by atoms with Crippen molar-refractivity contribution in [2.75, 3.05) is 17.7 Å². The third-order valence-corrected chi connectivity index (χ3v) is 5.10. The van der Waals surface area contributed by atoms with Gasteiger partial charge in [-0.25, -0.2) is 9.18 Å². The number of anilines is 2. The molecule has 6 nitrogen and oxygen atoms in total. The first-order valence-corrected chi connectivity index (χ1v) is 9.58. The highest BCUT2D eigenvalue weighted by Crippen LogP contribution is 2.54. The number of nitrogens with one attached hydrogen (secondary N) is 2. The van der Waals surface area contributed by atoms with Crippen molar-refractivity contribution >= 4 is 50.8 Å². The number of halogens is 9. The van der Waals surface area contributed by atoms with Crippen LogP contribution in [-0.4, -0.2) is 31.4 Å². The van der Waals surface area contributed by atoms with E-state index in [-0.39, 0.29) is 29.1 Å². The van der Waals surface area contributed by atoms with Gasteiger partial charge >= 0.3 is 24.1 Å². The molecule has 0 bridgehead atoms. The Kier molecular flexibility index (Phi) is 7.43. The van der Waals surface area contributed by atoms with Crippen LogP contribution in [0.2, 0.25) is 5.02 Å². The molecule has 0 heterocycles. The number of urea groups is 1. The number of para-hydroxylation sites is 1. The normalized spacial score (nSPS) is 12.3. The van der Waals surface area contributed by atoms with Crippen molar-refractivity contribution in [1.82, 2.24) is 0 Å². The predicted molar refractivity (Wildman–Crippen MR) is 108 cm³/mol. The number of rotatable bonds is 5. The molecule has 0 aromatic heterocycles. The van der Waals surface area contributed by atoms with Gasteiger partial charge in [-0.3, -0.25) is 4.79 Å². The molecule has 0 radical (unpaired) electrons. The molecule has 0 unspecified atom stereocenters. The maximum absolute atomic E-state index is 14.3. The summed E-state index contributed by atoms with van der Waals surface area (Å²) in [5, 5.41) is 3.56. The predicted octanol–water partition coefficient (Wildman–Crippen LogP) is 6.14. The van der Waals surface area contributed by atoms with E-state index < -0.39 is 50.7 Å². The van der Waals surface area contributed by atoms with Gasteiger partial charge in [0.05, 0.1) is 29.1 Å². The number of benzene rings is 2. The van der Waals surface area contributed by atoms with Gasteiger partial charge in [-0.2, -0.15) is 26.3 Å². The van der Waals surface area contributed by atoms with Gasteiger partial charge in [-0.15, -0.1) is 0 Å². The third-order valence-electron chi connectivity index (χ3n) is 4.18. The average molecular weight is 567 g/mol. The zero-order valence-electron chi connectivity index (χ0n) is 16.1. The molecule has 15 heteroatoms. The van der Waals surface area contributed by atoms with Crippen LogP contribution in [0.4, 0.5) is 46.9 Å². The van der Waals surface area contributed by atoms with Crippen LogP contribution in [0.3, 0.4) is 0 Å². The van der Waals surface area contributed by atoms with Crippen LogP contribution in [-0.2, 0) is 5.67 Å². The zero-order chi connectivity index (χ0) is 25.4. The van der Waals surface area contributed by atoms with Crippen LogP contribution >= 0.6 is 27.5 Å². The number of carbonyl (C=O) groups excluding carboxylic acids is 2. The van der Waals surface area contributed by atoms with Gasteiger partial charge < -0.3 is 21.1 Å². The lowest BCUT2D eigenvalue weighted by molar-refractivity contribution is -0.348. The monoisotopic (exact) mass is 565 g/mol. The van der Waals surface area contributed by atoms with E-state index in [0.29, 0.717) is 0 Å². The van der Waals surface area contributed by atoms with Crippen LogP contribution in [0.1, 0.15) is 15.9 Å². The van der Waals surface area contributed by atoms with Crippen LogP contribution < -0.4 is 21.1 Å². The molecule has 2 rings (SSSR count). The topological polar surface area (TPSA) is 93.4 Å². The summed E-state index contributed by atoms with van der Waals surface area (Å²) in [7, 11) is 1.16. The lowest BCUT2D eigenvalue weighted by atomic mass is 9.94. The number of primary amides is 1. The van der Waals surface area contributed by atoms with Gasteiger partial charge in [-0.1, -0.05) is 17.7 Å². The molecular weight excluding hydrogens is 555 g/mol. The summed E-state index contributed by atoms with van der Waals surface area (Å²) in [4.78, 5) is 23.8. The van der Waals surface area contributed by atoms with Gasteiger partial charge in [-0.05, 0) is 40.2 Å². The first-order chi connectivity index (χ1) is 15.0. The van der Waals surface area contributed by atoms with Crippen LogP contribution in [0.25, 0.3) is 0 Å². The molecule has 2 aromatic rings. The SMILES string of the molecule is COc1c(NC(N)=O)cccc1C(=O)Nc1c(Cl)cc(C(F)(C(F)(F)F)C(F)(F)F)cc1Br. The van der Waals surface area contributed by atoms with Crippen LogP contribution in [0.15, 0.2) is 34.8 Å². The Morgan fingerprint density at radius 1 is 1.03 bits per heavy atom. The van der Waals surface area contributed by atoms with E-state index >= 15 is 0 Å². The number of carbonyl (C=O) groups is 2. The van der Waals surface area contributed by atoms with E-state index in [9.17, 15) is 40.3 Å². The summed E-state index contributed by atoms with van der Waals surface area (Å²) in [6, 6.07) is 3.22. The Labute approximate surface area is 194 Å². The highest BCUT2D eigenvalue weighted by Gasteiger charge is 2.73. The van der Waals surface area contributed by atoms with Crippen molar-refractivity contribution in [3.63, 3.8) is 0 Å². The Bertz CT molecular complexity index is 1060. The summed E-state index contributed by atoms with van der Waals surface area (Å²) in [5.41, 5.74) is -3.20. The number of amides is 3. The van der Waals surface area contributed by atoms with E-state index in [2.05, 4.69) is 26.6 Å². The molecule has 0 aliphatic carbocycles. The van der Waals surface area contributed by atoms with Crippen molar-refractivity contribution in [2.24, 2.45) is 5.73 Å². The first kappa shape index (κ1) is 26.5. The average Bonchev–Trinajstić information content (AvgIpc) is 2.67. The molecular formula is C18H12BrClF7N3O3. The molecule has 0 aliphatic rings. The van der Waals surface area contributed by atoms with E-state index in [1.807, 2.05) is 0 Å². The van der Waals surface area contributed by atoms with E-state index in [1.54, 1.807) is 0 Å². The molecule has 0 saturated carbocycles. The second kappa shape index (κ2) is 9.25. The van der Waals surface area contributed by atoms with Gasteiger partial charge in [0.25, 0.3) is 5.91 Å². The van der Waals surface area contributed by atoms with Gasteiger partial charge in [0, 0.05) is 10.0 Å². The second-order valence-corrected chi connectivity index (χ2v) is 7.56. The quantitative estimate of drug-likeness (QED) is 0.380. The minimum absolute atomic E-state index is 0.00396. The maximum atomic E-state index is 14.3. The molecule has 33 heavy (non-hydrogen) atoms. The number of methoxy groups -OCH3 is 1. The fourth-order valence-electron chi connectivity index (χ4n) is 2.73. The Morgan fingerprint density at radius 3 is 2.06 bits per heavy atom. The zero-order valence-corrected chi connectivity index (χ0v) is 18.4. The van der Waals surface area contributed by atoms with E-state index in [1.165, 1.54) is 18.2 Å². The summed E-state index contributed by atoms with van der Waals surface area (Å²) >= 11 is 8.50. The van der Waals surface area contributed by atoms with E-state index in [4.69, 9.17) is 22.1 Å². The molecule has 0 aliphatic heterocycles. The minimum Gasteiger partial charge on any atom is -0.494 e. The molecule has 0 saturated heterocycles. The summed E-state index contributed by atoms with van der Waals surface area (Å²) in [6.07, 6.45) is -12.7. The molecule has 0 fully saturated rings. The second-order valence-electron chi connectivity index (χ2n) is 6.30. The van der Waals surface area contributed by atoms with Crippen LogP contribution in [0.5, 0.6) is 5.75 Å². The lowest BCUT2D eigenvalue weighted by Crippen LogP contribution is -2.50. The maximum Gasteiger partial charge on any atom is 0.435 e. The molecule has 180 valence electrons. The number of alkyl halides is 7. The Hall–Kier alpha value is -2.74. The largest absolute Gasteiger partial charge is 0.494 e. The third kappa shape index (κ3) is 5.11. The van der Waals surface area contributed by atoms with Crippen molar-refractivity contribution in [3.8, 4) is 5.75 Å². The number of ether oxygens (including phenoxy) is 1. The fraction of sp³-hybridized carbons (Fsp3) is 0.222. The fourth-order valence-corrected chi connectivity index (χ4v) is 3.67. The molecule has 3 amide bonds. The first-order valence-electron chi connectivity index (χ1n) is 8.41. The van der Waals surface area contributed by atoms with Gasteiger partial charge in [0.2, 0.25) is 0 Å². The molecule has 4 N–H and O–H groups in total. The van der Waals surface area contributed by atoms with Crippen LogP contribution in [0, 0.1) is 0 Å². The van der Waals surface area contributed by atoms with E-state index in [0.717, 1.165) is 7.11 Å². The van der Waals surface area contributed by atoms with Gasteiger partial charge in [0.15, 0.2) is 5.75 Å². The lowest BCUT2D eigenvalue weighted by Gasteiger charge is -2.30.